The summed E-state index contributed by atoms with van der Waals surface area (Å²) in [4.78, 5) is 10.3. The van der Waals surface area contributed by atoms with Crippen LogP contribution in [0.25, 0.3) is 5.69 Å². The zero-order valence-corrected chi connectivity index (χ0v) is 11.3. The summed E-state index contributed by atoms with van der Waals surface area (Å²) in [6, 6.07) is 5.73. The minimum atomic E-state index is -1.16. The van der Waals surface area contributed by atoms with Crippen molar-refractivity contribution in [2.75, 3.05) is 5.75 Å². The first kappa shape index (κ1) is 13.2. The van der Waals surface area contributed by atoms with E-state index in [9.17, 15) is 14.3 Å². The molecule has 0 saturated carbocycles. The summed E-state index contributed by atoms with van der Waals surface area (Å²) in [5.41, 5.74) is 0.637. The van der Waals surface area contributed by atoms with E-state index in [0.717, 1.165) is 11.8 Å². The van der Waals surface area contributed by atoms with Gasteiger partial charge in [-0.3, -0.25) is 0 Å². The number of benzene rings is 1. The van der Waals surface area contributed by atoms with Gasteiger partial charge in [-0.15, -0.1) is 5.10 Å². The van der Waals surface area contributed by atoms with Gasteiger partial charge in [0.25, 0.3) is 0 Å². The van der Waals surface area contributed by atoms with E-state index in [1.807, 2.05) is 0 Å². The SMILES string of the molecule is O=C([O-])CSc1nn(-c2ccc(F)cc2)c(=S)s1. The van der Waals surface area contributed by atoms with Crippen LogP contribution in [-0.4, -0.2) is 21.5 Å². The number of aromatic nitrogens is 2. The summed E-state index contributed by atoms with van der Waals surface area (Å²) in [5, 5.41) is 14.5. The molecule has 0 radical (unpaired) electrons. The second-order valence-electron chi connectivity index (χ2n) is 3.18. The van der Waals surface area contributed by atoms with E-state index in [1.165, 1.54) is 28.2 Å². The minimum Gasteiger partial charge on any atom is -0.549 e. The summed E-state index contributed by atoms with van der Waals surface area (Å²) in [6.07, 6.45) is 0. The van der Waals surface area contributed by atoms with E-state index in [4.69, 9.17) is 12.2 Å². The highest BCUT2D eigenvalue weighted by atomic mass is 32.2. The van der Waals surface area contributed by atoms with Crippen LogP contribution < -0.4 is 5.11 Å². The van der Waals surface area contributed by atoms with Gasteiger partial charge in [-0.25, -0.2) is 9.07 Å². The van der Waals surface area contributed by atoms with Gasteiger partial charge in [0.05, 0.1) is 11.7 Å². The number of carbonyl (C=O) groups is 1. The molecule has 0 aliphatic rings. The van der Waals surface area contributed by atoms with E-state index < -0.39 is 5.97 Å². The molecule has 0 bridgehead atoms. The van der Waals surface area contributed by atoms with Crippen LogP contribution in [0.5, 0.6) is 0 Å². The molecular weight excluding hydrogens is 295 g/mol. The van der Waals surface area contributed by atoms with Gasteiger partial charge in [0.15, 0.2) is 8.29 Å². The number of aliphatic carboxylic acids is 1. The molecule has 0 aliphatic carbocycles. The highest BCUT2D eigenvalue weighted by Crippen LogP contribution is 2.23. The lowest BCUT2D eigenvalue weighted by atomic mass is 10.3. The van der Waals surface area contributed by atoms with E-state index in [2.05, 4.69) is 5.10 Å². The third-order valence-corrected chi connectivity index (χ3v) is 4.25. The van der Waals surface area contributed by atoms with Crippen molar-refractivity contribution in [3.05, 3.63) is 34.0 Å². The maximum Gasteiger partial charge on any atom is 0.184 e. The summed E-state index contributed by atoms with van der Waals surface area (Å²) >= 11 is 7.36. The maximum absolute atomic E-state index is 12.8. The molecule has 0 atom stereocenters. The average molecular weight is 301 g/mol. The Morgan fingerprint density at radius 3 is 2.78 bits per heavy atom. The Morgan fingerprint density at radius 2 is 2.17 bits per heavy atom. The topological polar surface area (TPSA) is 57.9 Å². The lowest BCUT2D eigenvalue weighted by Gasteiger charge is -2.00. The molecule has 0 spiro atoms. The third-order valence-electron chi connectivity index (χ3n) is 1.91. The molecule has 1 aromatic carbocycles. The number of hydrogen-bond acceptors (Lipinski definition) is 6. The van der Waals surface area contributed by atoms with Crippen LogP contribution in [-0.2, 0) is 4.79 Å². The summed E-state index contributed by atoms with van der Waals surface area (Å²) in [7, 11) is 0. The summed E-state index contributed by atoms with van der Waals surface area (Å²) in [6.45, 7) is 0. The fraction of sp³-hybridized carbons (Fsp3) is 0.100. The fourth-order valence-corrected chi connectivity index (χ4v) is 3.26. The van der Waals surface area contributed by atoms with Crippen LogP contribution in [0.1, 0.15) is 0 Å². The normalized spacial score (nSPS) is 10.5. The second-order valence-corrected chi connectivity index (χ2v) is 6.03. The molecule has 8 heteroatoms. The van der Waals surface area contributed by atoms with Gasteiger partial charge in [0.1, 0.15) is 5.82 Å². The fourth-order valence-electron chi connectivity index (χ4n) is 1.19. The predicted molar refractivity (Wildman–Crippen MR) is 68.0 cm³/mol. The first-order valence-electron chi connectivity index (χ1n) is 4.75. The zero-order chi connectivity index (χ0) is 13.1. The molecule has 0 unspecified atom stereocenters. The Kier molecular flexibility index (Phi) is 4.10. The highest BCUT2D eigenvalue weighted by molar-refractivity contribution is 8.01. The molecule has 94 valence electrons. The van der Waals surface area contributed by atoms with Crippen molar-refractivity contribution in [3.8, 4) is 5.69 Å². The summed E-state index contributed by atoms with van der Waals surface area (Å²) < 4.78 is 15.3. The molecule has 2 rings (SSSR count). The average Bonchev–Trinajstić information content (AvgIpc) is 2.69. The van der Waals surface area contributed by atoms with Crippen molar-refractivity contribution in [1.82, 2.24) is 9.78 Å². The Bertz CT molecular complexity index is 621. The number of thioether (sulfide) groups is 1. The number of carboxylic acid groups (broad SMARTS) is 1. The second kappa shape index (κ2) is 5.59. The Hall–Kier alpha value is -1.25. The predicted octanol–water partition coefficient (Wildman–Crippen LogP) is 1.64. The van der Waals surface area contributed by atoms with Gasteiger partial charge in [0, 0.05) is 5.75 Å². The van der Waals surface area contributed by atoms with Crippen LogP contribution in [0.3, 0.4) is 0 Å². The Balaban J connectivity index is 2.26. The monoisotopic (exact) mass is 301 g/mol. The third kappa shape index (κ3) is 3.15. The molecule has 0 aliphatic heterocycles. The Morgan fingerprint density at radius 1 is 1.50 bits per heavy atom. The van der Waals surface area contributed by atoms with Crippen LogP contribution in [0.2, 0.25) is 0 Å². The van der Waals surface area contributed by atoms with E-state index in [0.29, 0.717) is 14.0 Å². The van der Waals surface area contributed by atoms with Crippen LogP contribution >= 0.6 is 35.3 Å². The molecule has 1 aromatic heterocycles. The smallest absolute Gasteiger partial charge is 0.184 e. The highest BCUT2D eigenvalue weighted by Gasteiger charge is 2.06. The van der Waals surface area contributed by atoms with E-state index in [1.54, 1.807) is 12.1 Å². The molecule has 2 aromatic rings. The summed E-state index contributed by atoms with van der Waals surface area (Å²) in [5.74, 6) is -1.67. The van der Waals surface area contributed by atoms with Crippen LogP contribution in [0.15, 0.2) is 28.6 Å². The molecule has 0 fully saturated rings. The van der Waals surface area contributed by atoms with Crippen molar-refractivity contribution in [3.63, 3.8) is 0 Å². The number of halogens is 1. The van der Waals surface area contributed by atoms with Crippen molar-refractivity contribution >= 4 is 41.3 Å². The van der Waals surface area contributed by atoms with E-state index in [-0.39, 0.29) is 11.6 Å². The first-order chi connectivity index (χ1) is 8.56. The van der Waals surface area contributed by atoms with Gasteiger partial charge in [-0.05, 0) is 36.5 Å². The number of carbonyl (C=O) groups excluding carboxylic acids is 1. The van der Waals surface area contributed by atoms with Crippen molar-refractivity contribution < 1.29 is 14.3 Å². The number of rotatable bonds is 4. The van der Waals surface area contributed by atoms with Crippen molar-refractivity contribution in [1.29, 1.82) is 0 Å². The lowest BCUT2D eigenvalue weighted by molar-refractivity contribution is -0.301. The van der Waals surface area contributed by atoms with Crippen LogP contribution in [0, 0.1) is 9.77 Å². The van der Waals surface area contributed by atoms with Gasteiger partial charge >= 0.3 is 0 Å². The standard InChI is InChI=1S/C10H7FN2O2S3/c11-6-1-3-7(4-2-6)13-10(16)18-9(12-13)17-5-8(14)15/h1-4H,5H2,(H,14,15)/p-1. The van der Waals surface area contributed by atoms with Gasteiger partial charge in [0.2, 0.25) is 0 Å². The van der Waals surface area contributed by atoms with Gasteiger partial charge in [-0.2, -0.15) is 0 Å². The van der Waals surface area contributed by atoms with Crippen molar-refractivity contribution in [2.45, 2.75) is 4.34 Å². The number of hydrogen-bond donors (Lipinski definition) is 0. The molecular formula is C10H6FN2O2S3-. The minimum absolute atomic E-state index is 0.175. The lowest BCUT2D eigenvalue weighted by Crippen LogP contribution is -2.24. The van der Waals surface area contributed by atoms with Gasteiger partial charge in [-0.1, -0.05) is 23.1 Å². The number of nitrogens with zero attached hydrogens (tertiary/aromatic N) is 2. The number of carboxylic acids is 1. The quantitative estimate of drug-likeness (QED) is 0.635. The molecule has 18 heavy (non-hydrogen) atoms. The first-order valence-corrected chi connectivity index (χ1v) is 6.96. The Labute approximate surface area is 115 Å². The maximum atomic E-state index is 12.8. The van der Waals surface area contributed by atoms with Crippen LogP contribution in [0.4, 0.5) is 4.39 Å². The zero-order valence-electron chi connectivity index (χ0n) is 8.83. The molecule has 0 amide bonds. The molecule has 1 heterocycles. The molecule has 4 nitrogen and oxygen atoms in total. The van der Waals surface area contributed by atoms with Crippen molar-refractivity contribution in [2.24, 2.45) is 0 Å². The molecule has 0 N–H and O–H groups in total. The van der Waals surface area contributed by atoms with E-state index >= 15 is 0 Å². The molecule has 0 saturated heterocycles. The van der Waals surface area contributed by atoms with Gasteiger partial charge < -0.3 is 9.90 Å². The largest absolute Gasteiger partial charge is 0.549 e.